The smallest absolute Gasteiger partial charge is 0.272 e. The average molecular weight is 345 g/mol. The molecule has 1 saturated heterocycles. The van der Waals surface area contributed by atoms with Gasteiger partial charge in [-0.05, 0) is 25.3 Å². The van der Waals surface area contributed by atoms with Crippen LogP contribution in [0, 0.1) is 12.8 Å². The maximum Gasteiger partial charge on any atom is 0.272 e. The molecular weight excluding hydrogens is 318 g/mol. The van der Waals surface area contributed by atoms with Crippen LogP contribution in [0.5, 0.6) is 0 Å². The van der Waals surface area contributed by atoms with Crippen LogP contribution in [0.1, 0.15) is 47.7 Å². The number of carbonyl (C=O) groups excluding carboxylic acids is 1. The first-order valence-electron chi connectivity index (χ1n) is 8.78. The molecule has 25 heavy (non-hydrogen) atoms. The van der Waals surface area contributed by atoms with Gasteiger partial charge in [0, 0.05) is 26.8 Å². The fraction of sp³-hybridized carbons (Fsp3) is 0.611. The molecule has 7 heteroatoms. The molecule has 0 aromatic carbocycles. The summed E-state index contributed by atoms with van der Waals surface area (Å²) in [5.41, 5.74) is 2.55. The van der Waals surface area contributed by atoms with Crippen LogP contribution < -0.4 is 0 Å². The molecule has 1 aliphatic rings. The number of aryl methyl sites for hydroxylation is 3. The van der Waals surface area contributed by atoms with E-state index in [2.05, 4.69) is 23.9 Å². The van der Waals surface area contributed by atoms with E-state index < -0.39 is 0 Å². The highest BCUT2D eigenvalue weighted by molar-refractivity contribution is 5.92. The Morgan fingerprint density at radius 2 is 2.16 bits per heavy atom. The van der Waals surface area contributed by atoms with Gasteiger partial charge < -0.3 is 14.2 Å². The Kier molecular flexibility index (Phi) is 4.94. The van der Waals surface area contributed by atoms with E-state index in [1.165, 1.54) is 0 Å². The van der Waals surface area contributed by atoms with E-state index in [0.717, 1.165) is 23.6 Å². The molecule has 0 aliphatic carbocycles. The molecule has 0 radical (unpaired) electrons. The van der Waals surface area contributed by atoms with Crippen molar-refractivity contribution in [3.05, 3.63) is 35.2 Å². The molecule has 0 bridgehead atoms. The monoisotopic (exact) mass is 345 g/mol. The molecule has 3 heterocycles. The number of nitrogens with zero attached hydrogens (tertiary/aromatic N) is 5. The molecule has 0 N–H and O–H groups in total. The molecular formula is C18H27N5O2. The van der Waals surface area contributed by atoms with Crippen molar-refractivity contribution in [1.29, 1.82) is 0 Å². The topological polar surface area (TPSA) is 65.2 Å². The Morgan fingerprint density at radius 1 is 1.40 bits per heavy atom. The summed E-state index contributed by atoms with van der Waals surface area (Å²) in [5.74, 6) is 1.38. The van der Waals surface area contributed by atoms with Crippen molar-refractivity contribution < 1.29 is 9.53 Å². The van der Waals surface area contributed by atoms with E-state index in [1.54, 1.807) is 4.68 Å². The summed E-state index contributed by atoms with van der Waals surface area (Å²) in [6, 6.07) is 1.91. The van der Waals surface area contributed by atoms with Gasteiger partial charge in [-0.15, -0.1) is 0 Å². The van der Waals surface area contributed by atoms with Crippen molar-refractivity contribution in [2.45, 2.75) is 33.3 Å². The Labute approximate surface area is 148 Å². The first-order chi connectivity index (χ1) is 11.8. The van der Waals surface area contributed by atoms with Gasteiger partial charge in [0.1, 0.15) is 17.6 Å². The van der Waals surface area contributed by atoms with E-state index in [-0.39, 0.29) is 12.0 Å². The van der Waals surface area contributed by atoms with Crippen molar-refractivity contribution in [1.82, 2.24) is 24.2 Å². The highest BCUT2D eigenvalue weighted by Gasteiger charge is 2.30. The molecule has 1 amide bonds. The van der Waals surface area contributed by atoms with Gasteiger partial charge in [-0.25, -0.2) is 4.98 Å². The molecule has 7 nitrogen and oxygen atoms in total. The number of imidazole rings is 1. The quantitative estimate of drug-likeness (QED) is 0.849. The SMILES string of the molecule is Cc1cn(C)c(C2CN(C(=O)c3cc(CC(C)C)nn3C)CCO2)n1. The second-order valence-corrected chi connectivity index (χ2v) is 7.20. The number of morpholine rings is 1. The van der Waals surface area contributed by atoms with Crippen molar-refractivity contribution >= 4 is 5.91 Å². The summed E-state index contributed by atoms with van der Waals surface area (Å²) in [6.45, 7) is 7.87. The molecule has 1 unspecified atom stereocenters. The lowest BCUT2D eigenvalue weighted by Gasteiger charge is -2.32. The van der Waals surface area contributed by atoms with Crippen LogP contribution in [-0.2, 0) is 25.3 Å². The Balaban J connectivity index is 1.76. The fourth-order valence-electron chi connectivity index (χ4n) is 3.33. The maximum atomic E-state index is 13.0. The minimum absolute atomic E-state index is 0.00392. The van der Waals surface area contributed by atoms with E-state index in [4.69, 9.17) is 4.74 Å². The van der Waals surface area contributed by atoms with E-state index >= 15 is 0 Å². The van der Waals surface area contributed by atoms with Gasteiger partial charge in [-0.2, -0.15) is 5.10 Å². The van der Waals surface area contributed by atoms with Crippen LogP contribution in [0.3, 0.4) is 0 Å². The second-order valence-electron chi connectivity index (χ2n) is 7.20. The van der Waals surface area contributed by atoms with Crippen LogP contribution in [0.4, 0.5) is 0 Å². The minimum Gasteiger partial charge on any atom is -0.367 e. The Morgan fingerprint density at radius 3 is 2.80 bits per heavy atom. The van der Waals surface area contributed by atoms with Crippen molar-refractivity contribution in [2.75, 3.05) is 19.7 Å². The second kappa shape index (κ2) is 7.00. The lowest BCUT2D eigenvalue weighted by Crippen LogP contribution is -2.43. The molecule has 2 aromatic heterocycles. The Hall–Kier alpha value is -2.15. The number of hydrogen-bond acceptors (Lipinski definition) is 4. The zero-order valence-electron chi connectivity index (χ0n) is 15.7. The molecule has 1 aliphatic heterocycles. The first-order valence-corrected chi connectivity index (χ1v) is 8.78. The third-order valence-corrected chi connectivity index (χ3v) is 4.44. The van der Waals surface area contributed by atoms with Gasteiger partial charge in [-0.1, -0.05) is 13.8 Å². The minimum atomic E-state index is -0.195. The zero-order chi connectivity index (χ0) is 18.1. The van der Waals surface area contributed by atoms with Crippen molar-refractivity contribution in [3.8, 4) is 0 Å². The molecule has 0 spiro atoms. The molecule has 0 saturated carbocycles. The standard InChI is InChI=1S/C18H27N5O2/c1-12(2)8-14-9-15(22(5)20-14)18(24)23-6-7-25-16(11-23)17-19-13(3)10-21(17)4/h9-10,12,16H,6-8,11H2,1-5H3. The number of carbonyl (C=O) groups is 1. The Bertz CT molecular complexity index is 762. The molecule has 136 valence electrons. The number of amides is 1. The van der Waals surface area contributed by atoms with Crippen LogP contribution in [0.15, 0.2) is 12.3 Å². The van der Waals surface area contributed by atoms with E-state index in [1.807, 2.05) is 42.7 Å². The molecule has 1 fully saturated rings. The van der Waals surface area contributed by atoms with Gasteiger partial charge in [0.2, 0.25) is 0 Å². The first kappa shape index (κ1) is 17.7. The third kappa shape index (κ3) is 3.76. The van der Waals surface area contributed by atoms with E-state index in [0.29, 0.717) is 31.3 Å². The van der Waals surface area contributed by atoms with Crippen LogP contribution in [0.2, 0.25) is 0 Å². The summed E-state index contributed by atoms with van der Waals surface area (Å²) in [6.07, 6.45) is 2.65. The van der Waals surface area contributed by atoms with Gasteiger partial charge in [-0.3, -0.25) is 9.48 Å². The van der Waals surface area contributed by atoms with Gasteiger partial charge in [0.15, 0.2) is 0 Å². The maximum absolute atomic E-state index is 13.0. The van der Waals surface area contributed by atoms with Crippen molar-refractivity contribution in [2.24, 2.45) is 20.0 Å². The normalized spacial score (nSPS) is 18.2. The highest BCUT2D eigenvalue weighted by atomic mass is 16.5. The van der Waals surface area contributed by atoms with Gasteiger partial charge in [0.25, 0.3) is 5.91 Å². The number of aromatic nitrogens is 4. The molecule has 3 rings (SSSR count). The van der Waals surface area contributed by atoms with Gasteiger partial charge >= 0.3 is 0 Å². The summed E-state index contributed by atoms with van der Waals surface area (Å²) >= 11 is 0. The largest absolute Gasteiger partial charge is 0.367 e. The van der Waals surface area contributed by atoms with Crippen molar-refractivity contribution in [3.63, 3.8) is 0 Å². The van der Waals surface area contributed by atoms with Crippen LogP contribution in [-0.4, -0.2) is 49.8 Å². The van der Waals surface area contributed by atoms with Crippen LogP contribution >= 0.6 is 0 Å². The zero-order valence-corrected chi connectivity index (χ0v) is 15.7. The highest BCUT2D eigenvalue weighted by Crippen LogP contribution is 2.23. The lowest BCUT2D eigenvalue weighted by atomic mass is 10.1. The van der Waals surface area contributed by atoms with E-state index in [9.17, 15) is 4.79 Å². The lowest BCUT2D eigenvalue weighted by molar-refractivity contribution is -0.0282. The molecule has 2 aromatic rings. The summed E-state index contributed by atoms with van der Waals surface area (Å²) in [4.78, 5) is 19.3. The third-order valence-electron chi connectivity index (χ3n) is 4.44. The summed E-state index contributed by atoms with van der Waals surface area (Å²) < 4.78 is 9.52. The summed E-state index contributed by atoms with van der Waals surface area (Å²) in [7, 11) is 3.79. The van der Waals surface area contributed by atoms with Crippen LogP contribution in [0.25, 0.3) is 0 Å². The predicted octanol–water partition coefficient (Wildman–Crippen LogP) is 1.87. The number of ether oxygens (including phenoxy) is 1. The summed E-state index contributed by atoms with van der Waals surface area (Å²) in [5, 5.41) is 4.48. The molecule has 1 atom stereocenters. The number of rotatable bonds is 4. The average Bonchev–Trinajstić information content (AvgIpc) is 3.07. The fourth-order valence-corrected chi connectivity index (χ4v) is 3.33. The number of hydrogen-bond donors (Lipinski definition) is 0. The predicted molar refractivity (Wildman–Crippen MR) is 94.3 cm³/mol. The van der Waals surface area contributed by atoms with Gasteiger partial charge in [0.05, 0.1) is 24.5 Å².